The summed E-state index contributed by atoms with van der Waals surface area (Å²) >= 11 is 5.97. The molecule has 0 bridgehead atoms. The van der Waals surface area contributed by atoms with Crippen molar-refractivity contribution in [1.29, 1.82) is 0 Å². The number of hydrogen-bond donors (Lipinski definition) is 3. The van der Waals surface area contributed by atoms with Crippen LogP contribution in [0.25, 0.3) is 0 Å². The van der Waals surface area contributed by atoms with Crippen molar-refractivity contribution in [3.8, 4) is 5.75 Å². The quantitative estimate of drug-likeness (QED) is 0.380. The average Bonchev–Trinajstić information content (AvgIpc) is 2.83. The number of carbonyl (C=O) groups excluding carboxylic acids is 2. The standard InChI is InChI=1S/C25H22ClFN2O6/c26-20-3-1-2-4-22(20)34-15-21(24(31)32)29-25(33)35-14-17-7-11-19(12-8-17)28-23(30)13-16-5-9-18(27)10-6-16/h1-12,21H,13-15H2,(H,28,30)(H,29,33)(H,31,32)/t21-/m0/s1. The number of benzene rings is 3. The SMILES string of the molecule is O=C(Cc1ccc(F)cc1)Nc1ccc(COC(=O)N[C@@H](COc2ccccc2Cl)C(=O)O)cc1. The van der Waals surface area contributed by atoms with Gasteiger partial charge in [-0.2, -0.15) is 0 Å². The Bertz CT molecular complexity index is 1170. The summed E-state index contributed by atoms with van der Waals surface area (Å²) in [5.74, 6) is -1.64. The minimum atomic E-state index is -1.35. The fourth-order valence-electron chi connectivity index (χ4n) is 2.92. The second-order valence-electron chi connectivity index (χ2n) is 7.40. The van der Waals surface area contributed by atoms with Crippen molar-refractivity contribution in [3.05, 3.63) is 94.8 Å². The molecule has 0 fully saturated rings. The highest BCUT2D eigenvalue weighted by Crippen LogP contribution is 2.23. The van der Waals surface area contributed by atoms with Crippen LogP contribution in [0.4, 0.5) is 14.9 Å². The fraction of sp³-hybridized carbons (Fsp3) is 0.160. The maximum Gasteiger partial charge on any atom is 0.408 e. The van der Waals surface area contributed by atoms with E-state index in [0.29, 0.717) is 27.6 Å². The Labute approximate surface area is 205 Å². The van der Waals surface area contributed by atoms with Crippen LogP contribution in [0.3, 0.4) is 0 Å². The molecule has 1 atom stereocenters. The summed E-state index contributed by atoms with van der Waals surface area (Å²) in [5, 5.41) is 14.6. The Kier molecular flexibility index (Phi) is 9.02. The molecule has 0 aliphatic carbocycles. The molecule has 10 heteroatoms. The van der Waals surface area contributed by atoms with E-state index in [-0.39, 0.29) is 31.4 Å². The molecule has 0 radical (unpaired) electrons. The first-order valence-electron chi connectivity index (χ1n) is 10.5. The van der Waals surface area contributed by atoms with Crippen LogP contribution in [0.1, 0.15) is 11.1 Å². The number of carboxylic acids is 1. The van der Waals surface area contributed by atoms with Crippen LogP contribution in [-0.2, 0) is 27.4 Å². The predicted molar refractivity (Wildman–Crippen MR) is 127 cm³/mol. The summed E-state index contributed by atoms with van der Waals surface area (Å²) in [7, 11) is 0. The van der Waals surface area contributed by atoms with Crippen LogP contribution in [0, 0.1) is 5.82 Å². The van der Waals surface area contributed by atoms with Gasteiger partial charge in [-0.05, 0) is 47.5 Å². The van der Waals surface area contributed by atoms with Crippen molar-refractivity contribution < 1.29 is 33.4 Å². The van der Waals surface area contributed by atoms with E-state index in [0.717, 1.165) is 0 Å². The molecular formula is C25H22ClFN2O6. The van der Waals surface area contributed by atoms with E-state index in [1.165, 1.54) is 24.3 Å². The van der Waals surface area contributed by atoms with Gasteiger partial charge in [-0.3, -0.25) is 4.79 Å². The number of nitrogens with one attached hydrogen (secondary N) is 2. The molecule has 3 aromatic carbocycles. The second kappa shape index (κ2) is 12.4. The van der Waals surface area contributed by atoms with Crippen molar-refractivity contribution in [2.24, 2.45) is 0 Å². The number of anilines is 1. The van der Waals surface area contributed by atoms with E-state index in [2.05, 4.69) is 10.6 Å². The number of aliphatic carboxylic acids is 1. The molecule has 35 heavy (non-hydrogen) atoms. The lowest BCUT2D eigenvalue weighted by molar-refractivity contribution is -0.140. The molecule has 0 spiro atoms. The zero-order chi connectivity index (χ0) is 25.2. The molecular weight excluding hydrogens is 479 g/mol. The Hall–Kier alpha value is -4.11. The highest BCUT2D eigenvalue weighted by molar-refractivity contribution is 6.32. The van der Waals surface area contributed by atoms with Crippen molar-refractivity contribution in [2.45, 2.75) is 19.1 Å². The van der Waals surface area contributed by atoms with E-state index < -0.39 is 18.1 Å². The highest BCUT2D eigenvalue weighted by Gasteiger charge is 2.22. The third-order valence-corrected chi connectivity index (χ3v) is 5.03. The Morgan fingerprint density at radius 2 is 1.60 bits per heavy atom. The summed E-state index contributed by atoms with van der Waals surface area (Å²) < 4.78 is 23.4. The number of amides is 2. The van der Waals surface area contributed by atoms with Gasteiger partial charge in [-0.25, -0.2) is 14.0 Å². The molecule has 0 saturated heterocycles. The van der Waals surface area contributed by atoms with Gasteiger partial charge in [0.1, 0.15) is 24.8 Å². The van der Waals surface area contributed by atoms with Gasteiger partial charge in [0.2, 0.25) is 5.91 Å². The van der Waals surface area contributed by atoms with Gasteiger partial charge < -0.3 is 25.2 Å². The van der Waals surface area contributed by atoms with Gasteiger partial charge >= 0.3 is 12.1 Å². The van der Waals surface area contributed by atoms with Gasteiger partial charge in [-0.15, -0.1) is 0 Å². The van der Waals surface area contributed by atoms with E-state index >= 15 is 0 Å². The Balaban J connectivity index is 1.44. The lowest BCUT2D eigenvalue weighted by Crippen LogP contribution is -2.45. The molecule has 3 rings (SSSR count). The molecule has 0 aliphatic rings. The molecule has 8 nitrogen and oxygen atoms in total. The lowest BCUT2D eigenvalue weighted by atomic mass is 10.1. The molecule has 0 saturated carbocycles. The first-order valence-corrected chi connectivity index (χ1v) is 10.8. The van der Waals surface area contributed by atoms with E-state index in [4.69, 9.17) is 21.1 Å². The zero-order valence-corrected chi connectivity index (χ0v) is 19.1. The molecule has 0 heterocycles. The van der Waals surface area contributed by atoms with Gasteiger partial charge in [-0.1, -0.05) is 48.0 Å². The van der Waals surface area contributed by atoms with Gasteiger partial charge in [0, 0.05) is 5.69 Å². The first-order chi connectivity index (χ1) is 16.8. The van der Waals surface area contributed by atoms with Crippen LogP contribution < -0.4 is 15.4 Å². The number of rotatable bonds is 10. The van der Waals surface area contributed by atoms with Crippen LogP contribution in [-0.4, -0.2) is 35.7 Å². The number of carbonyl (C=O) groups is 3. The summed E-state index contributed by atoms with van der Waals surface area (Å²) in [6.45, 7) is -0.464. The Morgan fingerprint density at radius 1 is 0.943 bits per heavy atom. The van der Waals surface area contributed by atoms with Gasteiger partial charge in [0.05, 0.1) is 11.4 Å². The molecule has 2 amide bonds. The van der Waals surface area contributed by atoms with Crippen LogP contribution >= 0.6 is 11.6 Å². The van der Waals surface area contributed by atoms with E-state index in [1.54, 1.807) is 48.5 Å². The zero-order valence-electron chi connectivity index (χ0n) is 18.4. The van der Waals surface area contributed by atoms with Gasteiger partial charge in [0.15, 0.2) is 6.04 Å². The van der Waals surface area contributed by atoms with Crippen LogP contribution in [0.2, 0.25) is 5.02 Å². The summed E-state index contributed by atoms with van der Waals surface area (Å²) in [6, 6.07) is 17.4. The molecule has 0 aromatic heterocycles. The van der Waals surface area contributed by atoms with Crippen molar-refractivity contribution in [2.75, 3.05) is 11.9 Å². The topological polar surface area (TPSA) is 114 Å². The summed E-state index contributed by atoms with van der Waals surface area (Å²) in [4.78, 5) is 35.6. The van der Waals surface area contributed by atoms with Crippen molar-refractivity contribution in [1.82, 2.24) is 5.32 Å². The number of para-hydroxylation sites is 1. The maximum atomic E-state index is 13.0. The summed E-state index contributed by atoms with van der Waals surface area (Å²) in [6.07, 6.45) is -0.840. The number of carboxylic acid groups (broad SMARTS) is 1. The number of halogens is 2. The lowest BCUT2D eigenvalue weighted by Gasteiger charge is -2.16. The largest absolute Gasteiger partial charge is 0.489 e. The third kappa shape index (κ3) is 8.31. The van der Waals surface area contributed by atoms with Crippen LogP contribution in [0.5, 0.6) is 5.75 Å². The predicted octanol–water partition coefficient (Wildman–Crippen LogP) is 4.42. The minimum Gasteiger partial charge on any atom is -0.489 e. The monoisotopic (exact) mass is 500 g/mol. The fourth-order valence-corrected chi connectivity index (χ4v) is 3.11. The molecule has 0 unspecified atom stereocenters. The van der Waals surface area contributed by atoms with Gasteiger partial charge in [0.25, 0.3) is 0 Å². The third-order valence-electron chi connectivity index (χ3n) is 4.72. The van der Waals surface area contributed by atoms with E-state index in [9.17, 15) is 23.9 Å². The smallest absolute Gasteiger partial charge is 0.408 e. The second-order valence-corrected chi connectivity index (χ2v) is 7.81. The number of hydrogen-bond acceptors (Lipinski definition) is 5. The molecule has 3 N–H and O–H groups in total. The summed E-state index contributed by atoms with van der Waals surface area (Å²) in [5.41, 5.74) is 1.83. The average molecular weight is 501 g/mol. The first kappa shape index (κ1) is 25.5. The van der Waals surface area contributed by atoms with Crippen molar-refractivity contribution in [3.63, 3.8) is 0 Å². The van der Waals surface area contributed by atoms with Crippen molar-refractivity contribution >= 4 is 35.3 Å². The number of ether oxygens (including phenoxy) is 2. The van der Waals surface area contributed by atoms with Crippen LogP contribution in [0.15, 0.2) is 72.8 Å². The number of alkyl carbamates (subject to hydrolysis) is 1. The molecule has 182 valence electrons. The molecule has 3 aromatic rings. The molecule has 0 aliphatic heterocycles. The highest BCUT2D eigenvalue weighted by atomic mass is 35.5. The minimum absolute atomic E-state index is 0.0935. The van der Waals surface area contributed by atoms with E-state index in [1.807, 2.05) is 0 Å². The maximum absolute atomic E-state index is 13.0. The normalized spacial score (nSPS) is 11.3. The Morgan fingerprint density at radius 3 is 2.26 bits per heavy atom.